The molecular weight excluding hydrogens is 326 g/mol. The first-order valence-electron chi connectivity index (χ1n) is 7.83. The van der Waals surface area contributed by atoms with Gasteiger partial charge in [0, 0.05) is 6.54 Å². The van der Waals surface area contributed by atoms with E-state index >= 15 is 0 Å². The fourth-order valence-electron chi connectivity index (χ4n) is 2.38. The lowest BCUT2D eigenvalue weighted by Crippen LogP contribution is -2.28. The second-order valence-corrected chi connectivity index (χ2v) is 7.11. The molecule has 0 heterocycles. The van der Waals surface area contributed by atoms with Crippen LogP contribution >= 0.6 is 0 Å². The van der Waals surface area contributed by atoms with E-state index in [0.29, 0.717) is 5.75 Å². The molecule has 0 saturated carbocycles. The van der Waals surface area contributed by atoms with E-state index in [1.807, 2.05) is 31.2 Å². The monoisotopic (exact) mass is 349 g/mol. The summed E-state index contributed by atoms with van der Waals surface area (Å²) < 4.78 is 38.0. The van der Waals surface area contributed by atoms with Crippen molar-refractivity contribution in [2.45, 2.75) is 25.2 Å². The summed E-state index contributed by atoms with van der Waals surface area (Å²) in [6.07, 6.45) is 0.868. The number of methoxy groups -OCH3 is 1. The highest BCUT2D eigenvalue weighted by atomic mass is 32.2. The van der Waals surface area contributed by atoms with Crippen molar-refractivity contribution in [3.05, 3.63) is 53.6 Å². The maximum absolute atomic E-state index is 12.3. The first-order chi connectivity index (χ1) is 11.5. The zero-order valence-corrected chi connectivity index (χ0v) is 15.0. The van der Waals surface area contributed by atoms with Crippen molar-refractivity contribution >= 4 is 10.0 Å². The lowest BCUT2D eigenvalue weighted by atomic mass is 10.1. The maximum atomic E-state index is 12.3. The van der Waals surface area contributed by atoms with Crippen LogP contribution in [0.5, 0.6) is 11.5 Å². The van der Waals surface area contributed by atoms with Gasteiger partial charge in [0.15, 0.2) is 0 Å². The van der Waals surface area contributed by atoms with Crippen LogP contribution < -0.4 is 14.2 Å². The molecule has 2 aromatic rings. The van der Waals surface area contributed by atoms with Gasteiger partial charge in [0.05, 0.1) is 12.0 Å². The largest absolute Gasteiger partial charge is 0.496 e. The Morgan fingerprint density at radius 2 is 1.83 bits per heavy atom. The fourth-order valence-corrected chi connectivity index (χ4v) is 3.47. The molecule has 0 aliphatic heterocycles. The topological polar surface area (TPSA) is 64.6 Å². The standard InChI is InChI=1S/C18H23NO4S/c1-4-15-7-5-6-8-18(15)23-12-11-19-24(20,21)16-9-10-17(22-3)14(2)13-16/h5-10,13,19H,4,11-12H2,1-3H3. The van der Waals surface area contributed by atoms with Gasteiger partial charge < -0.3 is 9.47 Å². The fraction of sp³-hybridized carbons (Fsp3) is 0.333. The van der Waals surface area contributed by atoms with Crippen LogP contribution in [0.2, 0.25) is 0 Å². The molecule has 0 bridgehead atoms. The molecule has 0 fully saturated rings. The van der Waals surface area contributed by atoms with Gasteiger partial charge in [0.25, 0.3) is 0 Å². The molecule has 0 spiro atoms. The van der Waals surface area contributed by atoms with E-state index < -0.39 is 10.0 Å². The van der Waals surface area contributed by atoms with E-state index in [9.17, 15) is 8.42 Å². The first kappa shape index (κ1) is 18.3. The summed E-state index contributed by atoms with van der Waals surface area (Å²) in [4.78, 5) is 0.217. The number of aryl methyl sites for hydroxylation is 2. The van der Waals surface area contributed by atoms with Gasteiger partial charge in [-0.2, -0.15) is 0 Å². The van der Waals surface area contributed by atoms with Gasteiger partial charge in [-0.15, -0.1) is 0 Å². The molecule has 0 aliphatic rings. The van der Waals surface area contributed by atoms with E-state index in [-0.39, 0.29) is 18.0 Å². The van der Waals surface area contributed by atoms with Gasteiger partial charge >= 0.3 is 0 Å². The zero-order chi connectivity index (χ0) is 17.6. The molecular formula is C18H23NO4S. The van der Waals surface area contributed by atoms with Crippen molar-refractivity contribution in [2.75, 3.05) is 20.3 Å². The number of para-hydroxylation sites is 1. The normalized spacial score (nSPS) is 11.3. The van der Waals surface area contributed by atoms with Crippen LogP contribution in [0.15, 0.2) is 47.4 Å². The van der Waals surface area contributed by atoms with Crippen LogP contribution in [0.3, 0.4) is 0 Å². The van der Waals surface area contributed by atoms with E-state index in [1.54, 1.807) is 19.2 Å². The molecule has 2 aromatic carbocycles. The Hall–Kier alpha value is -2.05. The van der Waals surface area contributed by atoms with Gasteiger partial charge in [-0.05, 0) is 48.7 Å². The Bertz CT molecular complexity index is 787. The summed E-state index contributed by atoms with van der Waals surface area (Å²) in [6, 6.07) is 12.5. The number of hydrogen-bond acceptors (Lipinski definition) is 4. The molecule has 1 N–H and O–H groups in total. The van der Waals surface area contributed by atoms with Crippen molar-refractivity contribution in [1.82, 2.24) is 4.72 Å². The van der Waals surface area contributed by atoms with Crippen LogP contribution in [0, 0.1) is 6.92 Å². The van der Waals surface area contributed by atoms with Crippen molar-refractivity contribution in [3.63, 3.8) is 0 Å². The smallest absolute Gasteiger partial charge is 0.240 e. The predicted octanol–water partition coefficient (Wildman–Crippen LogP) is 2.92. The lowest BCUT2D eigenvalue weighted by molar-refractivity contribution is 0.320. The second kappa shape index (κ2) is 8.17. The van der Waals surface area contributed by atoms with Crippen LogP contribution in [0.1, 0.15) is 18.1 Å². The minimum absolute atomic E-state index is 0.200. The quantitative estimate of drug-likeness (QED) is 0.744. The number of sulfonamides is 1. The Labute approximate surface area is 143 Å². The number of hydrogen-bond donors (Lipinski definition) is 1. The van der Waals surface area contributed by atoms with Crippen LogP contribution in [0.4, 0.5) is 0 Å². The number of benzene rings is 2. The lowest BCUT2D eigenvalue weighted by Gasteiger charge is -2.12. The molecule has 2 rings (SSSR count). The maximum Gasteiger partial charge on any atom is 0.240 e. The van der Waals surface area contributed by atoms with Gasteiger partial charge in [-0.25, -0.2) is 13.1 Å². The van der Waals surface area contributed by atoms with Crippen LogP contribution in [-0.2, 0) is 16.4 Å². The average Bonchev–Trinajstić information content (AvgIpc) is 2.59. The Morgan fingerprint density at radius 1 is 1.08 bits per heavy atom. The van der Waals surface area contributed by atoms with Crippen molar-refractivity contribution in [2.24, 2.45) is 0 Å². The zero-order valence-electron chi connectivity index (χ0n) is 14.2. The van der Waals surface area contributed by atoms with Crippen LogP contribution in [-0.4, -0.2) is 28.7 Å². The molecule has 5 nitrogen and oxygen atoms in total. The third kappa shape index (κ3) is 4.49. The summed E-state index contributed by atoms with van der Waals surface area (Å²) in [5.74, 6) is 1.45. The first-order valence-corrected chi connectivity index (χ1v) is 9.31. The highest BCUT2D eigenvalue weighted by Gasteiger charge is 2.15. The minimum Gasteiger partial charge on any atom is -0.496 e. The molecule has 0 aliphatic carbocycles. The average molecular weight is 349 g/mol. The molecule has 130 valence electrons. The van der Waals surface area contributed by atoms with Crippen molar-refractivity contribution < 1.29 is 17.9 Å². The molecule has 6 heteroatoms. The third-order valence-corrected chi connectivity index (χ3v) is 5.14. The van der Waals surface area contributed by atoms with Gasteiger partial charge in [-0.3, -0.25) is 0 Å². The van der Waals surface area contributed by atoms with Gasteiger partial charge in [0.2, 0.25) is 10.0 Å². The van der Waals surface area contributed by atoms with E-state index in [2.05, 4.69) is 11.6 Å². The Balaban J connectivity index is 1.94. The van der Waals surface area contributed by atoms with Gasteiger partial charge in [0.1, 0.15) is 18.1 Å². The minimum atomic E-state index is -3.56. The second-order valence-electron chi connectivity index (χ2n) is 5.34. The molecule has 0 unspecified atom stereocenters. The van der Waals surface area contributed by atoms with Gasteiger partial charge in [-0.1, -0.05) is 25.1 Å². The van der Waals surface area contributed by atoms with E-state index in [4.69, 9.17) is 9.47 Å². The van der Waals surface area contributed by atoms with Crippen molar-refractivity contribution in [1.29, 1.82) is 0 Å². The number of ether oxygens (including phenoxy) is 2. The molecule has 0 aromatic heterocycles. The van der Waals surface area contributed by atoms with E-state index in [0.717, 1.165) is 23.3 Å². The summed E-state index contributed by atoms with van der Waals surface area (Å²) in [5, 5.41) is 0. The van der Waals surface area contributed by atoms with E-state index in [1.165, 1.54) is 6.07 Å². The highest BCUT2D eigenvalue weighted by molar-refractivity contribution is 7.89. The summed E-state index contributed by atoms with van der Waals surface area (Å²) in [7, 11) is -2.01. The Kier molecular flexibility index (Phi) is 6.23. The highest BCUT2D eigenvalue weighted by Crippen LogP contribution is 2.21. The predicted molar refractivity (Wildman–Crippen MR) is 94.2 cm³/mol. The molecule has 0 radical (unpaired) electrons. The third-order valence-electron chi connectivity index (χ3n) is 3.68. The summed E-state index contributed by atoms with van der Waals surface area (Å²) in [5.41, 5.74) is 1.87. The number of rotatable bonds is 8. The summed E-state index contributed by atoms with van der Waals surface area (Å²) >= 11 is 0. The molecule has 0 atom stereocenters. The summed E-state index contributed by atoms with van der Waals surface area (Å²) in [6.45, 7) is 4.33. The molecule has 0 amide bonds. The molecule has 0 saturated heterocycles. The van der Waals surface area contributed by atoms with Crippen LogP contribution in [0.25, 0.3) is 0 Å². The van der Waals surface area contributed by atoms with Crippen molar-refractivity contribution in [3.8, 4) is 11.5 Å². The Morgan fingerprint density at radius 3 is 2.50 bits per heavy atom. The molecule has 24 heavy (non-hydrogen) atoms. The number of nitrogens with one attached hydrogen (secondary N) is 1. The SMILES string of the molecule is CCc1ccccc1OCCNS(=O)(=O)c1ccc(OC)c(C)c1.